The molecule has 0 spiro atoms. The van der Waals surface area contributed by atoms with Crippen LogP contribution in [0.15, 0.2) is 17.3 Å². The van der Waals surface area contributed by atoms with E-state index in [1.54, 1.807) is 7.05 Å². The Labute approximate surface area is 120 Å². The van der Waals surface area contributed by atoms with E-state index in [1.807, 2.05) is 0 Å². The number of rotatable bonds is 5. The van der Waals surface area contributed by atoms with Crippen molar-refractivity contribution in [2.24, 2.45) is 5.92 Å². The van der Waals surface area contributed by atoms with Crippen molar-refractivity contribution in [2.75, 3.05) is 12.4 Å². The van der Waals surface area contributed by atoms with Gasteiger partial charge in [-0.15, -0.1) is 0 Å². The molecule has 0 bridgehead atoms. The van der Waals surface area contributed by atoms with Gasteiger partial charge in [-0.05, 0) is 18.8 Å². The fourth-order valence-electron chi connectivity index (χ4n) is 2.64. The zero-order valence-electron chi connectivity index (χ0n) is 12.0. The van der Waals surface area contributed by atoms with Crippen molar-refractivity contribution in [3.63, 3.8) is 0 Å². The molecule has 1 aromatic heterocycles. The molecule has 2 rings (SSSR count). The lowest BCUT2D eigenvalue weighted by molar-refractivity contribution is 0.301. The van der Waals surface area contributed by atoms with Crippen LogP contribution in [0.2, 0.25) is 0 Å². The maximum absolute atomic E-state index is 12.3. The highest BCUT2D eigenvalue weighted by Crippen LogP contribution is 2.27. The summed E-state index contributed by atoms with van der Waals surface area (Å²) in [5.41, 5.74) is 0. The molecule has 1 heterocycles. The first-order valence-electron chi connectivity index (χ1n) is 7.07. The summed E-state index contributed by atoms with van der Waals surface area (Å²) in [5, 5.41) is 2.76. The molecule has 0 radical (unpaired) electrons. The van der Waals surface area contributed by atoms with Crippen LogP contribution in [0.1, 0.15) is 39.0 Å². The van der Waals surface area contributed by atoms with Crippen molar-refractivity contribution < 1.29 is 8.42 Å². The summed E-state index contributed by atoms with van der Waals surface area (Å²) in [6.45, 7) is 2.16. The number of nitrogens with zero attached hydrogens (tertiary/aromatic N) is 2. The van der Waals surface area contributed by atoms with Gasteiger partial charge in [0.15, 0.2) is 0 Å². The van der Waals surface area contributed by atoms with E-state index in [2.05, 4.69) is 26.9 Å². The molecule has 2 unspecified atom stereocenters. The highest BCUT2D eigenvalue weighted by molar-refractivity contribution is 7.89. The molecular formula is C13H22N4O2S. The minimum Gasteiger partial charge on any atom is -0.357 e. The lowest BCUT2D eigenvalue weighted by Gasteiger charge is -2.28. The summed E-state index contributed by atoms with van der Waals surface area (Å²) in [7, 11) is -1.83. The molecule has 0 aliphatic heterocycles. The molecule has 1 fully saturated rings. The molecule has 6 nitrogen and oxygen atoms in total. The lowest BCUT2D eigenvalue weighted by Crippen LogP contribution is -2.38. The molecule has 0 saturated heterocycles. The molecule has 0 aromatic carbocycles. The van der Waals surface area contributed by atoms with Crippen molar-refractivity contribution in [3.8, 4) is 0 Å². The summed E-state index contributed by atoms with van der Waals surface area (Å²) < 4.78 is 27.4. The average molecular weight is 298 g/mol. The predicted octanol–water partition coefficient (Wildman–Crippen LogP) is 1.77. The number of anilines is 1. The minimum atomic E-state index is -3.52. The topological polar surface area (TPSA) is 84.0 Å². The second kappa shape index (κ2) is 6.49. The maximum atomic E-state index is 12.3. The normalized spacial score (nSPS) is 23.5. The molecule has 20 heavy (non-hydrogen) atoms. The summed E-state index contributed by atoms with van der Waals surface area (Å²) in [6, 6.07) is 0.0303. The number of nitrogens with one attached hydrogen (secondary N) is 2. The molecule has 0 amide bonds. The Kier molecular flexibility index (Phi) is 4.93. The van der Waals surface area contributed by atoms with Gasteiger partial charge in [-0.2, -0.15) is 0 Å². The van der Waals surface area contributed by atoms with Gasteiger partial charge in [0.1, 0.15) is 4.90 Å². The van der Waals surface area contributed by atoms with Crippen LogP contribution in [-0.2, 0) is 10.0 Å². The van der Waals surface area contributed by atoms with Gasteiger partial charge in [0.05, 0.1) is 12.4 Å². The highest BCUT2D eigenvalue weighted by Gasteiger charge is 2.26. The molecular weight excluding hydrogens is 276 g/mol. The van der Waals surface area contributed by atoms with Crippen molar-refractivity contribution in [3.05, 3.63) is 12.4 Å². The Morgan fingerprint density at radius 1 is 1.30 bits per heavy atom. The van der Waals surface area contributed by atoms with Crippen molar-refractivity contribution >= 4 is 16.0 Å². The van der Waals surface area contributed by atoms with Crippen LogP contribution >= 0.6 is 0 Å². The van der Waals surface area contributed by atoms with Crippen LogP contribution in [0.3, 0.4) is 0 Å². The Morgan fingerprint density at radius 3 is 2.60 bits per heavy atom. The van der Waals surface area contributed by atoms with Gasteiger partial charge in [-0.1, -0.05) is 26.2 Å². The second-order valence-electron chi connectivity index (χ2n) is 5.25. The van der Waals surface area contributed by atoms with Crippen LogP contribution in [0.4, 0.5) is 5.95 Å². The quantitative estimate of drug-likeness (QED) is 0.865. The van der Waals surface area contributed by atoms with Gasteiger partial charge in [0.2, 0.25) is 16.0 Å². The van der Waals surface area contributed by atoms with E-state index in [4.69, 9.17) is 0 Å². The Hall–Kier alpha value is -1.21. The molecule has 1 saturated carbocycles. The van der Waals surface area contributed by atoms with Gasteiger partial charge in [0.25, 0.3) is 0 Å². The number of aromatic nitrogens is 2. The first-order chi connectivity index (χ1) is 9.55. The van der Waals surface area contributed by atoms with Gasteiger partial charge in [-0.25, -0.2) is 23.1 Å². The average Bonchev–Trinajstić information content (AvgIpc) is 2.47. The highest BCUT2D eigenvalue weighted by atomic mass is 32.2. The predicted molar refractivity (Wildman–Crippen MR) is 77.9 cm³/mol. The zero-order valence-corrected chi connectivity index (χ0v) is 12.8. The van der Waals surface area contributed by atoms with Crippen molar-refractivity contribution in [1.29, 1.82) is 0 Å². The monoisotopic (exact) mass is 298 g/mol. The summed E-state index contributed by atoms with van der Waals surface area (Å²) in [6.07, 6.45) is 7.90. The Balaban J connectivity index is 2.06. The third-order valence-electron chi connectivity index (χ3n) is 3.84. The third kappa shape index (κ3) is 3.67. The zero-order chi connectivity index (χ0) is 14.6. The van der Waals surface area contributed by atoms with Crippen molar-refractivity contribution in [1.82, 2.24) is 14.7 Å². The van der Waals surface area contributed by atoms with Crippen LogP contribution in [0, 0.1) is 5.92 Å². The number of hydrogen-bond acceptors (Lipinski definition) is 5. The van der Waals surface area contributed by atoms with E-state index >= 15 is 0 Å². The van der Waals surface area contributed by atoms with E-state index in [1.165, 1.54) is 18.8 Å². The molecule has 2 N–H and O–H groups in total. The van der Waals surface area contributed by atoms with Crippen LogP contribution in [0.25, 0.3) is 0 Å². The first kappa shape index (κ1) is 15.2. The van der Waals surface area contributed by atoms with Gasteiger partial charge < -0.3 is 5.32 Å². The number of hydrogen-bond donors (Lipinski definition) is 2. The van der Waals surface area contributed by atoms with Gasteiger partial charge in [-0.3, -0.25) is 0 Å². The third-order valence-corrected chi connectivity index (χ3v) is 5.32. The lowest BCUT2D eigenvalue weighted by atomic mass is 9.85. The number of sulfonamides is 1. The summed E-state index contributed by atoms with van der Waals surface area (Å²) in [5.74, 6) is 1.03. The van der Waals surface area contributed by atoms with Gasteiger partial charge in [0, 0.05) is 13.1 Å². The second-order valence-corrected chi connectivity index (χ2v) is 6.97. The van der Waals surface area contributed by atoms with E-state index in [0.717, 1.165) is 25.7 Å². The molecule has 112 valence electrons. The minimum absolute atomic E-state index is 0.0303. The molecule has 1 aliphatic rings. The SMILES string of the molecule is CCC1CCCC(NS(=O)(=O)c2cnc(NC)nc2)C1. The molecule has 2 atom stereocenters. The summed E-state index contributed by atoms with van der Waals surface area (Å²) in [4.78, 5) is 8.01. The van der Waals surface area contributed by atoms with E-state index in [-0.39, 0.29) is 10.9 Å². The van der Waals surface area contributed by atoms with Gasteiger partial charge >= 0.3 is 0 Å². The van der Waals surface area contributed by atoms with Crippen LogP contribution in [0.5, 0.6) is 0 Å². The van der Waals surface area contributed by atoms with Crippen LogP contribution < -0.4 is 10.0 Å². The fourth-order valence-corrected chi connectivity index (χ4v) is 3.81. The fraction of sp³-hybridized carbons (Fsp3) is 0.692. The smallest absolute Gasteiger partial charge is 0.243 e. The molecule has 7 heteroatoms. The summed E-state index contributed by atoms with van der Waals surface area (Å²) >= 11 is 0. The first-order valence-corrected chi connectivity index (χ1v) is 8.55. The van der Waals surface area contributed by atoms with Crippen molar-refractivity contribution in [2.45, 2.75) is 50.0 Å². The van der Waals surface area contributed by atoms with E-state index in [0.29, 0.717) is 11.9 Å². The molecule has 1 aliphatic carbocycles. The van der Waals surface area contributed by atoms with E-state index in [9.17, 15) is 8.42 Å². The largest absolute Gasteiger partial charge is 0.357 e. The molecule has 1 aromatic rings. The Morgan fingerprint density at radius 2 is 2.00 bits per heavy atom. The van der Waals surface area contributed by atoms with E-state index < -0.39 is 10.0 Å². The maximum Gasteiger partial charge on any atom is 0.243 e. The van der Waals surface area contributed by atoms with Crippen LogP contribution in [-0.4, -0.2) is 31.5 Å². The standard InChI is InChI=1S/C13H22N4O2S/c1-3-10-5-4-6-11(7-10)17-20(18,19)12-8-15-13(14-2)16-9-12/h8-11,17H,3-7H2,1-2H3,(H,14,15,16). The Bertz CT molecular complexity index is 530.